The second-order valence-electron chi connectivity index (χ2n) is 6.62. The zero-order chi connectivity index (χ0) is 17.3. The van der Waals surface area contributed by atoms with Gasteiger partial charge >= 0.3 is 0 Å². The van der Waals surface area contributed by atoms with Crippen molar-refractivity contribution in [1.29, 1.82) is 0 Å². The van der Waals surface area contributed by atoms with Crippen LogP contribution in [0, 0.1) is 12.8 Å². The highest BCUT2D eigenvalue weighted by Gasteiger charge is 2.29. The third kappa shape index (κ3) is 3.63. The smallest absolute Gasteiger partial charge is 0.253 e. The van der Waals surface area contributed by atoms with Crippen LogP contribution in [0.5, 0.6) is 0 Å². The fraction of sp³-hybridized carbons (Fsp3) is 0.588. The van der Waals surface area contributed by atoms with Crippen LogP contribution in [-0.4, -0.2) is 63.4 Å². The third-order valence-corrected chi connectivity index (χ3v) is 6.52. The van der Waals surface area contributed by atoms with Crippen LogP contribution in [0.25, 0.3) is 0 Å². The number of rotatable bonds is 5. The fourth-order valence-corrected chi connectivity index (χ4v) is 4.34. The molecule has 132 valence electrons. The van der Waals surface area contributed by atoms with E-state index in [0.29, 0.717) is 37.8 Å². The molecule has 24 heavy (non-hydrogen) atoms. The third-order valence-electron chi connectivity index (χ3n) is 4.62. The van der Waals surface area contributed by atoms with Crippen LogP contribution in [-0.2, 0) is 14.8 Å². The van der Waals surface area contributed by atoms with Gasteiger partial charge in [-0.3, -0.25) is 4.79 Å². The lowest BCUT2D eigenvalue weighted by Gasteiger charge is -2.26. The summed E-state index contributed by atoms with van der Waals surface area (Å²) in [4.78, 5) is 14.6. The zero-order valence-electron chi connectivity index (χ0n) is 14.2. The van der Waals surface area contributed by atoms with E-state index in [4.69, 9.17) is 4.74 Å². The molecule has 0 spiro atoms. The van der Waals surface area contributed by atoms with Crippen molar-refractivity contribution in [2.75, 3.05) is 39.9 Å². The van der Waals surface area contributed by atoms with Gasteiger partial charge < -0.3 is 9.64 Å². The standard InChI is InChI=1S/C17H24N2O4S/c1-13-3-6-15(24(21,22)19-7-9-23-10-8-19)11-16(13)17(20)18(2)12-14-4-5-14/h3,6,11,14H,4-5,7-10,12H2,1-2H3. The molecule has 0 unspecified atom stereocenters. The van der Waals surface area contributed by atoms with Gasteiger partial charge in [0.15, 0.2) is 0 Å². The second kappa shape index (κ2) is 6.82. The van der Waals surface area contributed by atoms with E-state index in [9.17, 15) is 13.2 Å². The molecule has 1 saturated heterocycles. The van der Waals surface area contributed by atoms with Gasteiger partial charge in [0.25, 0.3) is 5.91 Å². The van der Waals surface area contributed by atoms with E-state index in [-0.39, 0.29) is 10.8 Å². The Morgan fingerprint density at radius 1 is 1.29 bits per heavy atom. The maximum absolute atomic E-state index is 12.8. The summed E-state index contributed by atoms with van der Waals surface area (Å²) in [6.45, 7) is 4.08. The Bertz CT molecular complexity index is 722. The summed E-state index contributed by atoms with van der Waals surface area (Å²) in [5.74, 6) is 0.484. The monoisotopic (exact) mass is 352 g/mol. The van der Waals surface area contributed by atoms with E-state index < -0.39 is 10.0 Å². The molecule has 7 heteroatoms. The van der Waals surface area contributed by atoms with E-state index >= 15 is 0 Å². The van der Waals surface area contributed by atoms with Gasteiger partial charge in [-0.05, 0) is 43.4 Å². The number of hydrogen-bond acceptors (Lipinski definition) is 4. The van der Waals surface area contributed by atoms with Crippen molar-refractivity contribution < 1.29 is 17.9 Å². The Balaban J connectivity index is 1.86. The largest absolute Gasteiger partial charge is 0.379 e. The minimum absolute atomic E-state index is 0.113. The summed E-state index contributed by atoms with van der Waals surface area (Å²) in [7, 11) is -1.81. The van der Waals surface area contributed by atoms with Crippen LogP contribution in [0.15, 0.2) is 23.1 Å². The van der Waals surface area contributed by atoms with Crippen molar-refractivity contribution in [1.82, 2.24) is 9.21 Å². The van der Waals surface area contributed by atoms with E-state index in [0.717, 1.165) is 12.1 Å². The Morgan fingerprint density at radius 2 is 1.96 bits per heavy atom. The summed E-state index contributed by atoms with van der Waals surface area (Å²) in [5, 5.41) is 0. The SMILES string of the molecule is Cc1ccc(S(=O)(=O)N2CCOCC2)cc1C(=O)N(C)CC1CC1. The average Bonchev–Trinajstić information content (AvgIpc) is 3.39. The number of hydrogen-bond donors (Lipinski definition) is 0. The average molecular weight is 352 g/mol. The molecule has 1 saturated carbocycles. The van der Waals surface area contributed by atoms with Crippen molar-refractivity contribution in [3.05, 3.63) is 29.3 Å². The van der Waals surface area contributed by atoms with Crippen LogP contribution >= 0.6 is 0 Å². The lowest BCUT2D eigenvalue weighted by molar-refractivity contribution is 0.0730. The summed E-state index contributed by atoms with van der Waals surface area (Å²) in [6, 6.07) is 4.81. The van der Waals surface area contributed by atoms with Gasteiger partial charge in [0.2, 0.25) is 10.0 Å². The predicted molar refractivity (Wildman–Crippen MR) is 90.4 cm³/mol. The van der Waals surface area contributed by atoms with E-state index in [1.165, 1.54) is 23.2 Å². The van der Waals surface area contributed by atoms with Crippen LogP contribution in [0.4, 0.5) is 0 Å². The first-order valence-electron chi connectivity index (χ1n) is 8.33. The summed E-state index contributed by atoms with van der Waals surface area (Å²) in [5.41, 5.74) is 1.26. The highest BCUT2D eigenvalue weighted by atomic mass is 32.2. The van der Waals surface area contributed by atoms with E-state index in [1.807, 2.05) is 6.92 Å². The van der Waals surface area contributed by atoms with E-state index in [2.05, 4.69) is 0 Å². The normalized spacial score (nSPS) is 19.2. The van der Waals surface area contributed by atoms with Crippen molar-refractivity contribution >= 4 is 15.9 Å². The minimum Gasteiger partial charge on any atom is -0.379 e. The molecule has 6 nitrogen and oxygen atoms in total. The highest BCUT2D eigenvalue weighted by molar-refractivity contribution is 7.89. The van der Waals surface area contributed by atoms with E-state index in [1.54, 1.807) is 24.1 Å². The molecule has 1 aromatic rings. The summed E-state index contributed by atoms with van der Waals surface area (Å²) < 4.78 is 32.2. The molecular formula is C17H24N2O4S. The van der Waals surface area contributed by atoms with Crippen LogP contribution in [0.2, 0.25) is 0 Å². The molecule has 0 radical (unpaired) electrons. The van der Waals surface area contributed by atoms with Crippen LogP contribution < -0.4 is 0 Å². The second-order valence-corrected chi connectivity index (χ2v) is 8.56. The van der Waals surface area contributed by atoms with Gasteiger partial charge in [0.1, 0.15) is 0 Å². The molecule has 1 aliphatic heterocycles. The molecule has 0 atom stereocenters. The molecule has 3 rings (SSSR count). The molecule has 1 amide bonds. The van der Waals surface area contributed by atoms with Crippen molar-refractivity contribution in [2.24, 2.45) is 5.92 Å². The Labute approximate surface area is 143 Å². The van der Waals surface area contributed by atoms with Crippen LogP contribution in [0.1, 0.15) is 28.8 Å². The van der Waals surface area contributed by atoms with Gasteiger partial charge in [-0.25, -0.2) is 8.42 Å². The molecule has 2 aliphatic rings. The number of nitrogens with zero attached hydrogens (tertiary/aromatic N) is 2. The Hall–Kier alpha value is -1.44. The number of aryl methyl sites for hydroxylation is 1. The summed E-state index contributed by atoms with van der Waals surface area (Å²) >= 11 is 0. The van der Waals surface area contributed by atoms with Crippen molar-refractivity contribution in [2.45, 2.75) is 24.7 Å². The topological polar surface area (TPSA) is 66.9 Å². The Kier molecular flexibility index (Phi) is 4.94. The Morgan fingerprint density at radius 3 is 2.58 bits per heavy atom. The molecule has 0 aromatic heterocycles. The predicted octanol–water partition coefficient (Wildman–Crippen LogP) is 1.50. The maximum atomic E-state index is 12.8. The number of amides is 1. The first-order chi connectivity index (χ1) is 11.4. The van der Waals surface area contributed by atoms with Crippen molar-refractivity contribution in [3.8, 4) is 0 Å². The van der Waals surface area contributed by atoms with Gasteiger partial charge in [-0.1, -0.05) is 6.07 Å². The fourth-order valence-electron chi connectivity index (χ4n) is 2.90. The number of morpholine rings is 1. The molecule has 0 N–H and O–H groups in total. The number of carbonyl (C=O) groups excluding carboxylic acids is 1. The quantitative estimate of drug-likeness (QED) is 0.805. The highest BCUT2D eigenvalue weighted by Crippen LogP contribution is 2.30. The molecular weight excluding hydrogens is 328 g/mol. The van der Waals surface area contributed by atoms with Gasteiger partial charge in [-0.2, -0.15) is 4.31 Å². The van der Waals surface area contributed by atoms with Gasteiger partial charge in [0, 0.05) is 32.2 Å². The first-order valence-corrected chi connectivity index (χ1v) is 9.77. The molecule has 0 bridgehead atoms. The number of ether oxygens (including phenoxy) is 1. The number of carbonyl (C=O) groups is 1. The minimum atomic E-state index is -3.59. The van der Waals surface area contributed by atoms with Gasteiger partial charge in [0.05, 0.1) is 18.1 Å². The molecule has 1 aliphatic carbocycles. The lowest BCUT2D eigenvalue weighted by atomic mass is 10.1. The first kappa shape index (κ1) is 17.4. The molecule has 1 aromatic carbocycles. The van der Waals surface area contributed by atoms with Crippen molar-refractivity contribution in [3.63, 3.8) is 0 Å². The maximum Gasteiger partial charge on any atom is 0.253 e. The molecule has 2 fully saturated rings. The molecule has 1 heterocycles. The number of benzene rings is 1. The lowest BCUT2D eigenvalue weighted by Crippen LogP contribution is -2.40. The zero-order valence-corrected chi connectivity index (χ0v) is 15.0. The van der Waals surface area contributed by atoms with Crippen LogP contribution in [0.3, 0.4) is 0 Å². The van der Waals surface area contributed by atoms with Gasteiger partial charge in [-0.15, -0.1) is 0 Å². The number of sulfonamides is 1. The summed E-state index contributed by atoms with van der Waals surface area (Å²) in [6.07, 6.45) is 2.34.